The van der Waals surface area contributed by atoms with Gasteiger partial charge in [0, 0.05) is 43.2 Å². The van der Waals surface area contributed by atoms with E-state index in [2.05, 4.69) is 49.1 Å². The number of carboxylic acid groups (broad SMARTS) is 1. The average Bonchev–Trinajstić information content (AvgIpc) is 3.54. The van der Waals surface area contributed by atoms with Gasteiger partial charge >= 0.3 is 11.8 Å². The van der Waals surface area contributed by atoms with Crippen LogP contribution in [0, 0.1) is 5.92 Å². The van der Waals surface area contributed by atoms with Gasteiger partial charge < -0.3 is 34.3 Å². The zero-order valence-corrected chi connectivity index (χ0v) is 36.5. The molecule has 0 unspecified atom stereocenters. The maximum atomic E-state index is 13.2. The molecule has 3 aliphatic heterocycles. The molecule has 9 rings (SSSR count). The number of H-pyrrole nitrogens is 1. The third-order valence-corrected chi connectivity index (χ3v) is 17.5. The number of nitrogens with one attached hydrogen (secondary N) is 2. The van der Waals surface area contributed by atoms with Crippen LogP contribution in [0.4, 0.5) is 10.5 Å². The van der Waals surface area contributed by atoms with Gasteiger partial charge in [0.15, 0.2) is 13.9 Å². The zero-order chi connectivity index (χ0) is 43.1. The Morgan fingerprint density at radius 1 is 1.02 bits per heavy atom. The third-order valence-electron chi connectivity index (χ3n) is 13.0. The van der Waals surface area contributed by atoms with E-state index in [0.717, 1.165) is 65.7 Å². The van der Waals surface area contributed by atoms with Crippen LogP contribution in [-0.2, 0) is 17.5 Å². The molecule has 0 spiro atoms. The van der Waals surface area contributed by atoms with Gasteiger partial charge in [-0.3, -0.25) is 14.3 Å². The van der Waals surface area contributed by atoms with Gasteiger partial charge in [-0.1, -0.05) is 87.5 Å². The summed E-state index contributed by atoms with van der Waals surface area (Å²) in [5, 5.41) is 25.5. The number of phenolic OH excluding ortho intramolecular Hbond substituents is 1. The highest BCUT2D eigenvalue weighted by molar-refractivity contribution is 6.74. The number of aromatic hydroxyl groups is 1. The molecule has 3 fully saturated rings. The van der Waals surface area contributed by atoms with E-state index in [0.29, 0.717) is 41.3 Å². The molecule has 318 valence electrons. The van der Waals surface area contributed by atoms with Gasteiger partial charge in [-0.2, -0.15) is 0 Å². The number of carbonyl (C=O) groups is 1. The van der Waals surface area contributed by atoms with Gasteiger partial charge in [0.05, 0.1) is 28.9 Å². The van der Waals surface area contributed by atoms with Crippen molar-refractivity contribution in [3.63, 3.8) is 0 Å². The highest BCUT2D eigenvalue weighted by Crippen LogP contribution is 2.42. The van der Waals surface area contributed by atoms with Crippen LogP contribution >= 0.6 is 0 Å². The van der Waals surface area contributed by atoms with Crippen LogP contribution < -0.4 is 21.5 Å². The van der Waals surface area contributed by atoms with E-state index in [1.807, 2.05) is 84.9 Å². The minimum Gasteiger partial charge on any atom is -0.506 e. The minimum absolute atomic E-state index is 0.00119. The first-order valence-electron chi connectivity index (χ1n) is 21.1. The third kappa shape index (κ3) is 8.74. The van der Waals surface area contributed by atoms with Crippen molar-refractivity contribution in [2.45, 2.75) is 77.0 Å². The second kappa shape index (κ2) is 17.0. The van der Waals surface area contributed by atoms with Crippen molar-refractivity contribution in [2.75, 3.05) is 31.1 Å². The fourth-order valence-corrected chi connectivity index (χ4v) is 9.96. The summed E-state index contributed by atoms with van der Waals surface area (Å²) in [6.07, 6.45) is 4.50. The molecule has 61 heavy (non-hydrogen) atoms. The van der Waals surface area contributed by atoms with E-state index in [-0.39, 0.29) is 35.0 Å². The molecule has 0 saturated carbocycles. The van der Waals surface area contributed by atoms with E-state index >= 15 is 0 Å². The lowest BCUT2D eigenvalue weighted by molar-refractivity contribution is 0.0838. The lowest BCUT2D eigenvalue weighted by Crippen LogP contribution is -2.59. The number of rotatable bonds is 13. The maximum absolute atomic E-state index is 13.2. The number of piperidine rings is 3. The number of aromatic nitrogens is 2. The fourth-order valence-electron chi connectivity index (χ4n) is 8.69. The summed E-state index contributed by atoms with van der Waals surface area (Å²) >= 11 is 0. The number of oxazole rings is 1. The van der Waals surface area contributed by atoms with Gasteiger partial charge in [0.2, 0.25) is 5.56 Å². The molecule has 3 aliphatic rings. The molecule has 5 heterocycles. The first-order chi connectivity index (χ1) is 29.2. The van der Waals surface area contributed by atoms with Crippen LogP contribution in [0.15, 0.2) is 111 Å². The number of aromatic amines is 1. The van der Waals surface area contributed by atoms with E-state index < -0.39 is 20.2 Å². The second-order valence-electron chi connectivity index (χ2n) is 18.0. The summed E-state index contributed by atoms with van der Waals surface area (Å²) in [5.41, 5.74) is 6.34. The molecule has 13 heteroatoms. The zero-order valence-electron chi connectivity index (χ0n) is 35.5. The van der Waals surface area contributed by atoms with Gasteiger partial charge in [-0.15, -0.1) is 0 Å². The Morgan fingerprint density at radius 2 is 1.79 bits per heavy atom. The normalized spacial score (nSPS) is 18.6. The summed E-state index contributed by atoms with van der Waals surface area (Å²) < 4.78 is 14.3. The molecule has 3 saturated heterocycles. The summed E-state index contributed by atoms with van der Waals surface area (Å²) in [6.45, 7) is 14.9. The molecular formula is C48H55N5O7Si. The Bertz CT molecular complexity index is 2710. The Balaban J connectivity index is 1.00. The number of allylic oxidation sites excluding steroid dienone is 1. The maximum Gasteiger partial charge on any atom is 0.420 e. The van der Waals surface area contributed by atoms with Crippen LogP contribution in [-0.4, -0.2) is 71.3 Å². The van der Waals surface area contributed by atoms with Crippen LogP contribution in [0.1, 0.15) is 56.4 Å². The topological polar surface area (TPSA) is 153 Å². The molecule has 0 radical (unpaired) electrons. The Kier molecular flexibility index (Phi) is 11.7. The van der Waals surface area contributed by atoms with Gasteiger partial charge in [0.1, 0.15) is 5.75 Å². The quantitative estimate of drug-likeness (QED) is 0.0835. The number of amides is 1. The number of benzene rings is 4. The number of hydrogen-bond acceptors (Lipinski definition) is 8. The first-order valence-corrected chi connectivity index (χ1v) is 24.0. The fraction of sp³-hybridized carbons (Fsp3) is 0.354. The summed E-state index contributed by atoms with van der Waals surface area (Å²) in [6, 6.07) is 28.1. The highest BCUT2D eigenvalue weighted by Gasteiger charge is 2.41. The van der Waals surface area contributed by atoms with E-state index in [4.69, 9.17) is 8.84 Å². The molecular weight excluding hydrogens is 787 g/mol. The molecule has 1 amide bonds. The Morgan fingerprint density at radius 3 is 2.49 bits per heavy atom. The van der Waals surface area contributed by atoms with Crippen LogP contribution in [0.3, 0.4) is 0 Å². The molecule has 2 aromatic heterocycles. The Hall–Kier alpha value is -5.73. The number of phenols is 1. The lowest BCUT2D eigenvalue weighted by Gasteiger charge is -2.48. The van der Waals surface area contributed by atoms with E-state index in [9.17, 15) is 24.6 Å². The molecule has 2 atom stereocenters. The van der Waals surface area contributed by atoms with Crippen LogP contribution in [0.5, 0.6) is 5.75 Å². The van der Waals surface area contributed by atoms with Crippen molar-refractivity contribution in [2.24, 2.45) is 5.92 Å². The Labute approximate surface area is 356 Å². The predicted molar refractivity (Wildman–Crippen MR) is 244 cm³/mol. The number of hydrogen-bond donors (Lipinski definition) is 4. The average molecular weight is 842 g/mol. The van der Waals surface area contributed by atoms with Crippen molar-refractivity contribution >= 4 is 48.2 Å². The van der Waals surface area contributed by atoms with Crippen molar-refractivity contribution in [1.29, 1.82) is 0 Å². The minimum atomic E-state index is -2.26. The molecule has 4 aromatic carbocycles. The summed E-state index contributed by atoms with van der Waals surface area (Å²) in [4.78, 5) is 45.1. The lowest BCUT2D eigenvalue weighted by atomic mass is 9.82. The second-order valence-corrected chi connectivity index (χ2v) is 22.7. The molecule has 6 aromatic rings. The first kappa shape index (κ1) is 42.0. The molecule has 2 bridgehead atoms. The van der Waals surface area contributed by atoms with E-state index in [1.165, 1.54) is 6.07 Å². The number of fused-ring (bicyclic) bond motifs is 5. The van der Waals surface area contributed by atoms with Crippen LogP contribution in [0.2, 0.25) is 18.1 Å². The molecule has 4 N–H and O–H groups in total. The predicted octanol–water partition coefficient (Wildman–Crippen LogP) is 8.95. The molecule has 12 nitrogen and oxygen atoms in total. The summed E-state index contributed by atoms with van der Waals surface area (Å²) in [5.74, 6) is -0.148. The van der Waals surface area contributed by atoms with Crippen molar-refractivity contribution < 1.29 is 23.9 Å². The van der Waals surface area contributed by atoms with Crippen molar-refractivity contribution in [1.82, 2.24) is 19.8 Å². The standard InChI is InChI=1S/C48H55N5O7Si/c1-48(2,3)61(4,5)60-43(36-16-19-41(54)45-37(36)17-20-44(55)50-45)29-49-28-32-14-18-38-42(27-32)59-47(58)52(38)23-9-10-31-13-15-35(33-11-7-6-8-12-33)39(26-31)53(46(56)57)40-30-51-24-21-34(40)22-25-51/h6-20,26-27,34,40,43,49,54H,21-25,28-30H2,1-5H3,(H,50,55)(H,56,57)/t40-,43-/m0/s1. The highest BCUT2D eigenvalue weighted by atomic mass is 28.4. The van der Waals surface area contributed by atoms with Gasteiger partial charge in [-0.05, 0) is 103 Å². The van der Waals surface area contributed by atoms with Gasteiger partial charge in [-0.25, -0.2) is 9.59 Å². The number of anilines is 1. The van der Waals surface area contributed by atoms with Gasteiger partial charge in [0.25, 0.3) is 0 Å². The summed E-state index contributed by atoms with van der Waals surface area (Å²) in [7, 11) is -2.26. The monoisotopic (exact) mass is 841 g/mol. The SMILES string of the molecule is CC(C)(C)[Si](C)(C)O[C@@H](CNCc1ccc2c(c1)oc(=O)n2CC=Cc1ccc(-c2ccccc2)c(N(C(=O)O)[C@H]2CN3CCC2CC3)c1)c1ccc(O)c2[nH]c(=O)ccc12. The van der Waals surface area contributed by atoms with Crippen molar-refractivity contribution in [3.05, 3.63) is 135 Å². The molecule has 0 aliphatic carbocycles. The number of pyridine rings is 1. The van der Waals surface area contributed by atoms with Crippen molar-refractivity contribution in [3.8, 4) is 16.9 Å². The smallest absolute Gasteiger partial charge is 0.420 e. The number of nitrogens with zero attached hydrogens (tertiary/aromatic N) is 3. The van der Waals surface area contributed by atoms with Crippen LogP contribution in [0.25, 0.3) is 39.2 Å². The van der Waals surface area contributed by atoms with E-state index in [1.54, 1.807) is 21.6 Å². The largest absolute Gasteiger partial charge is 0.506 e.